The van der Waals surface area contributed by atoms with Crippen molar-refractivity contribution in [3.05, 3.63) is 28.2 Å². The summed E-state index contributed by atoms with van der Waals surface area (Å²) in [6.45, 7) is 4.10. The average molecular weight is 330 g/mol. The van der Waals surface area contributed by atoms with E-state index in [1.807, 2.05) is 32.0 Å². The predicted octanol–water partition coefficient (Wildman–Crippen LogP) is 2.13. The summed E-state index contributed by atoms with van der Waals surface area (Å²) in [5, 5.41) is 12.4. The first kappa shape index (κ1) is 16.0. The van der Waals surface area contributed by atoms with Gasteiger partial charge in [0.15, 0.2) is 0 Å². The number of hydrogen-bond donors (Lipinski definition) is 2. The Hall–Kier alpha value is -1.07. The van der Waals surface area contributed by atoms with Crippen molar-refractivity contribution in [2.45, 2.75) is 26.4 Å². The Morgan fingerprint density at radius 1 is 1.47 bits per heavy atom. The molecule has 0 aliphatic carbocycles. The first-order chi connectivity index (χ1) is 8.93. The minimum atomic E-state index is -0.516. The molecule has 0 saturated heterocycles. The van der Waals surface area contributed by atoms with Crippen LogP contribution >= 0.6 is 15.9 Å². The smallest absolute Gasteiger partial charge is 0.224 e. The zero-order valence-corrected chi connectivity index (χ0v) is 13.0. The number of nitrogens with one attached hydrogen (secondary N) is 1. The van der Waals surface area contributed by atoms with Crippen molar-refractivity contribution in [2.75, 3.05) is 13.7 Å². The largest absolute Gasteiger partial charge is 0.497 e. The van der Waals surface area contributed by atoms with Crippen LogP contribution in [0.4, 0.5) is 0 Å². The van der Waals surface area contributed by atoms with Crippen LogP contribution in [-0.4, -0.2) is 30.8 Å². The Kier molecular flexibility index (Phi) is 6.31. The fraction of sp³-hybridized carbons (Fsp3) is 0.500. The number of aliphatic hydroxyl groups is 1. The van der Waals surface area contributed by atoms with E-state index in [9.17, 15) is 9.90 Å². The molecule has 0 aliphatic heterocycles. The third-order valence-electron chi connectivity index (χ3n) is 2.88. The van der Waals surface area contributed by atoms with Crippen LogP contribution in [0.15, 0.2) is 22.7 Å². The molecule has 5 heteroatoms. The number of methoxy groups -OCH3 is 1. The summed E-state index contributed by atoms with van der Waals surface area (Å²) in [6, 6.07) is 5.50. The van der Waals surface area contributed by atoms with Crippen molar-refractivity contribution < 1.29 is 14.6 Å². The van der Waals surface area contributed by atoms with E-state index >= 15 is 0 Å². The van der Waals surface area contributed by atoms with Gasteiger partial charge in [0.05, 0.1) is 19.6 Å². The van der Waals surface area contributed by atoms with Gasteiger partial charge < -0.3 is 15.2 Å². The molecule has 1 aromatic carbocycles. The molecule has 106 valence electrons. The first-order valence-electron chi connectivity index (χ1n) is 6.21. The van der Waals surface area contributed by atoms with Crippen molar-refractivity contribution in [2.24, 2.45) is 5.92 Å². The van der Waals surface area contributed by atoms with Gasteiger partial charge in [0.2, 0.25) is 5.91 Å². The Morgan fingerprint density at radius 3 is 2.74 bits per heavy atom. The van der Waals surface area contributed by atoms with E-state index in [2.05, 4.69) is 21.2 Å². The van der Waals surface area contributed by atoms with Gasteiger partial charge in [-0.15, -0.1) is 0 Å². The highest BCUT2D eigenvalue weighted by Gasteiger charge is 2.12. The number of benzene rings is 1. The second-order valence-corrected chi connectivity index (χ2v) is 5.60. The van der Waals surface area contributed by atoms with Crippen molar-refractivity contribution in [3.63, 3.8) is 0 Å². The number of amides is 1. The average Bonchev–Trinajstić information content (AvgIpc) is 2.38. The van der Waals surface area contributed by atoms with Crippen molar-refractivity contribution in [1.29, 1.82) is 0 Å². The van der Waals surface area contributed by atoms with E-state index in [4.69, 9.17) is 4.74 Å². The van der Waals surface area contributed by atoms with Crippen LogP contribution in [0.1, 0.15) is 19.4 Å². The molecule has 1 amide bonds. The molecule has 0 heterocycles. The van der Waals surface area contributed by atoms with Gasteiger partial charge in [0.25, 0.3) is 0 Å². The molecule has 1 unspecified atom stereocenters. The molecule has 19 heavy (non-hydrogen) atoms. The topological polar surface area (TPSA) is 58.6 Å². The lowest BCUT2D eigenvalue weighted by molar-refractivity contribution is -0.121. The quantitative estimate of drug-likeness (QED) is 0.840. The molecule has 0 aromatic heterocycles. The fourth-order valence-electron chi connectivity index (χ4n) is 1.50. The predicted molar refractivity (Wildman–Crippen MR) is 78.3 cm³/mol. The molecule has 2 N–H and O–H groups in total. The van der Waals surface area contributed by atoms with Gasteiger partial charge in [-0.2, -0.15) is 0 Å². The summed E-state index contributed by atoms with van der Waals surface area (Å²) in [6.07, 6.45) is -0.263. The number of rotatable bonds is 6. The summed E-state index contributed by atoms with van der Waals surface area (Å²) < 4.78 is 6.00. The van der Waals surface area contributed by atoms with Crippen LogP contribution in [-0.2, 0) is 11.2 Å². The number of aliphatic hydroxyl groups excluding tert-OH is 1. The third kappa shape index (κ3) is 5.20. The molecule has 4 nitrogen and oxygen atoms in total. The fourth-order valence-corrected chi connectivity index (χ4v) is 1.89. The van der Waals surface area contributed by atoms with Crippen molar-refractivity contribution in [1.82, 2.24) is 5.32 Å². The molecule has 1 aromatic rings. The van der Waals surface area contributed by atoms with Crippen LogP contribution < -0.4 is 10.1 Å². The van der Waals surface area contributed by atoms with E-state index in [0.717, 1.165) is 10.0 Å². The maximum Gasteiger partial charge on any atom is 0.224 e. The van der Waals surface area contributed by atoms with Crippen LogP contribution in [0.5, 0.6) is 5.75 Å². The van der Waals surface area contributed by atoms with Gasteiger partial charge in [0, 0.05) is 11.0 Å². The molecule has 1 atom stereocenters. The minimum Gasteiger partial charge on any atom is -0.497 e. The molecular weight excluding hydrogens is 310 g/mol. The van der Waals surface area contributed by atoms with E-state index in [-0.39, 0.29) is 24.8 Å². The lowest BCUT2D eigenvalue weighted by Gasteiger charge is -2.15. The molecule has 0 fully saturated rings. The number of carbonyl (C=O) groups excluding carboxylic acids is 1. The van der Waals surface area contributed by atoms with Crippen LogP contribution in [0.3, 0.4) is 0 Å². The monoisotopic (exact) mass is 329 g/mol. The van der Waals surface area contributed by atoms with E-state index < -0.39 is 6.10 Å². The highest BCUT2D eigenvalue weighted by Crippen LogP contribution is 2.22. The molecule has 0 radical (unpaired) electrons. The Balaban J connectivity index is 2.57. The zero-order valence-electron chi connectivity index (χ0n) is 11.4. The van der Waals surface area contributed by atoms with Crippen LogP contribution in [0.2, 0.25) is 0 Å². The standard InChI is InChI=1S/C14H20BrNO3/c1-9(2)13(17)8-16-14(18)7-10-6-11(19-3)4-5-12(10)15/h4-6,9,13,17H,7-8H2,1-3H3,(H,16,18). The second kappa shape index (κ2) is 7.50. The zero-order chi connectivity index (χ0) is 14.4. The van der Waals surface area contributed by atoms with Gasteiger partial charge >= 0.3 is 0 Å². The Morgan fingerprint density at radius 2 is 2.16 bits per heavy atom. The number of halogens is 1. The first-order valence-corrected chi connectivity index (χ1v) is 7.00. The Bertz CT molecular complexity index is 435. The normalized spacial score (nSPS) is 12.3. The number of hydrogen-bond acceptors (Lipinski definition) is 3. The Labute approximate surface area is 122 Å². The minimum absolute atomic E-state index is 0.117. The third-order valence-corrected chi connectivity index (χ3v) is 3.66. The van der Waals surface area contributed by atoms with E-state index in [0.29, 0.717) is 5.75 Å². The van der Waals surface area contributed by atoms with E-state index in [1.54, 1.807) is 7.11 Å². The summed E-state index contributed by atoms with van der Waals surface area (Å²) in [7, 11) is 1.59. The maximum atomic E-state index is 11.8. The van der Waals surface area contributed by atoms with Gasteiger partial charge in [-0.05, 0) is 29.7 Å². The molecule has 0 bridgehead atoms. The molecule has 1 rings (SSSR count). The van der Waals surface area contributed by atoms with E-state index in [1.165, 1.54) is 0 Å². The van der Waals surface area contributed by atoms with Crippen LogP contribution in [0, 0.1) is 5.92 Å². The summed E-state index contributed by atoms with van der Waals surface area (Å²) in [5.74, 6) is 0.728. The SMILES string of the molecule is COc1ccc(Br)c(CC(=O)NCC(O)C(C)C)c1. The molecule has 0 aliphatic rings. The highest BCUT2D eigenvalue weighted by atomic mass is 79.9. The summed E-state index contributed by atoms with van der Waals surface area (Å²) >= 11 is 3.41. The van der Waals surface area contributed by atoms with Gasteiger partial charge in [-0.1, -0.05) is 29.8 Å². The van der Waals surface area contributed by atoms with Crippen LogP contribution in [0.25, 0.3) is 0 Å². The molecule has 0 saturated carbocycles. The van der Waals surface area contributed by atoms with Gasteiger partial charge in [0.1, 0.15) is 5.75 Å². The lowest BCUT2D eigenvalue weighted by atomic mass is 10.1. The number of carbonyl (C=O) groups is 1. The number of ether oxygens (including phenoxy) is 1. The lowest BCUT2D eigenvalue weighted by Crippen LogP contribution is -2.35. The van der Waals surface area contributed by atoms with Gasteiger partial charge in [-0.3, -0.25) is 4.79 Å². The summed E-state index contributed by atoms with van der Waals surface area (Å²) in [5.41, 5.74) is 0.857. The van der Waals surface area contributed by atoms with Crippen molar-refractivity contribution >= 4 is 21.8 Å². The van der Waals surface area contributed by atoms with Gasteiger partial charge in [-0.25, -0.2) is 0 Å². The molecular formula is C14H20BrNO3. The van der Waals surface area contributed by atoms with Crippen molar-refractivity contribution in [3.8, 4) is 5.75 Å². The summed E-state index contributed by atoms with van der Waals surface area (Å²) in [4.78, 5) is 11.8. The molecule has 0 spiro atoms. The highest BCUT2D eigenvalue weighted by molar-refractivity contribution is 9.10. The second-order valence-electron chi connectivity index (χ2n) is 4.75. The maximum absolute atomic E-state index is 11.8.